The number of amides is 1. The molecular weight excluding hydrogens is 470 g/mol. The van der Waals surface area contributed by atoms with Crippen molar-refractivity contribution in [1.82, 2.24) is 4.90 Å². The van der Waals surface area contributed by atoms with E-state index in [1.165, 1.54) is 11.8 Å². The monoisotopic (exact) mass is 487 g/mol. The molecule has 0 bridgehead atoms. The highest BCUT2D eigenvalue weighted by atomic mass is 79.9. The second kappa shape index (κ2) is 8.30. The Kier molecular flexibility index (Phi) is 5.76. The maximum absolute atomic E-state index is 13.2. The van der Waals surface area contributed by atoms with Gasteiger partial charge in [0.05, 0.1) is 23.5 Å². The Morgan fingerprint density at radius 3 is 2.66 bits per heavy atom. The quantitative estimate of drug-likeness (QED) is 0.413. The van der Waals surface area contributed by atoms with E-state index < -0.39 is 0 Å². The van der Waals surface area contributed by atoms with E-state index in [9.17, 15) is 4.79 Å². The number of methoxy groups -OCH3 is 1. The molecule has 0 N–H and O–H groups in total. The molecule has 0 aliphatic carbocycles. The molecule has 2 aliphatic heterocycles. The summed E-state index contributed by atoms with van der Waals surface area (Å²) in [6.45, 7) is 4.20. The molecule has 0 atom stereocenters. The largest absolute Gasteiger partial charge is 0.497 e. The van der Waals surface area contributed by atoms with Crippen molar-refractivity contribution in [1.29, 1.82) is 0 Å². The normalized spacial score (nSPS) is 19.8. The number of hydrogen-bond acceptors (Lipinski definition) is 6. The number of amidine groups is 1. The molecule has 2 aromatic carbocycles. The topological polar surface area (TPSA) is 45.1 Å². The van der Waals surface area contributed by atoms with Crippen LogP contribution in [0.5, 0.6) is 5.75 Å². The number of carbonyl (C=O) groups excluding carboxylic acids is 1. The number of fused-ring (bicyclic) bond motifs is 1. The van der Waals surface area contributed by atoms with Gasteiger partial charge in [-0.1, -0.05) is 33.8 Å². The van der Waals surface area contributed by atoms with Crippen molar-refractivity contribution in [2.45, 2.75) is 4.90 Å². The summed E-state index contributed by atoms with van der Waals surface area (Å²) < 4.78 is 6.33. The fraction of sp³-hybridized carbons (Fsp3) is 0.143. The Morgan fingerprint density at radius 1 is 1.21 bits per heavy atom. The first-order chi connectivity index (χ1) is 14.0. The third-order valence-electron chi connectivity index (χ3n) is 4.46. The number of anilines is 1. The lowest BCUT2D eigenvalue weighted by atomic mass is 10.3. The van der Waals surface area contributed by atoms with Gasteiger partial charge in [-0.15, -0.1) is 6.58 Å². The third-order valence-corrected chi connectivity index (χ3v) is 7.42. The highest BCUT2D eigenvalue weighted by molar-refractivity contribution is 9.10. The van der Waals surface area contributed by atoms with Gasteiger partial charge in [0.25, 0.3) is 5.91 Å². The number of carbonyl (C=O) groups is 1. The molecule has 4 rings (SSSR count). The average molecular weight is 488 g/mol. The van der Waals surface area contributed by atoms with Gasteiger partial charge in [0.2, 0.25) is 0 Å². The summed E-state index contributed by atoms with van der Waals surface area (Å²) in [4.78, 5) is 23.4. The first-order valence-corrected chi connectivity index (χ1v) is 11.2. The minimum atomic E-state index is -0.0557. The molecule has 1 amide bonds. The number of nitrogens with zero attached hydrogens (tertiary/aromatic N) is 3. The average Bonchev–Trinajstić information content (AvgIpc) is 3.21. The SMILES string of the molecule is C=CCN1C(=O)C(=C2Sc3ccc(OC)cc3N2C)SC1=Nc1ccc(Br)cc1. The lowest BCUT2D eigenvalue weighted by Crippen LogP contribution is -2.29. The van der Waals surface area contributed by atoms with Crippen molar-refractivity contribution in [3.05, 3.63) is 69.5 Å². The zero-order valence-corrected chi connectivity index (χ0v) is 19.1. The van der Waals surface area contributed by atoms with E-state index in [0.717, 1.165) is 31.5 Å². The van der Waals surface area contributed by atoms with Crippen molar-refractivity contribution in [2.75, 3.05) is 25.6 Å². The highest BCUT2D eigenvalue weighted by Gasteiger charge is 2.38. The van der Waals surface area contributed by atoms with Gasteiger partial charge in [-0.3, -0.25) is 9.69 Å². The predicted octanol–water partition coefficient (Wildman–Crippen LogP) is 5.62. The van der Waals surface area contributed by atoms with E-state index in [1.807, 2.05) is 54.4 Å². The van der Waals surface area contributed by atoms with Crippen molar-refractivity contribution >= 4 is 61.9 Å². The van der Waals surface area contributed by atoms with Crippen LogP contribution in [0.3, 0.4) is 0 Å². The van der Waals surface area contributed by atoms with Gasteiger partial charge < -0.3 is 9.64 Å². The van der Waals surface area contributed by atoms with Gasteiger partial charge in [0.15, 0.2) is 5.17 Å². The van der Waals surface area contributed by atoms with Crippen LogP contribution in [0.4, 0.5) is 11.4 Å². The molecule has 1 fully saturated rings. The summed E-state index contributed by atoms with van der Waals surface area (Å²) in [5.41, 5.74) is 1.82. The molecule has 0 saturated carbocycles. The van der Waals surface area contributed by atoms with Crippen LogP contribution >= 0.6 is 39.5 Å². The van der Waals surface area contributed by atoms with Crippen LogP contribution in [0, 0.1) is 0 Å². The van der Waals surface area contributed by atoms with Gasteiger partial charge in [-0.2, -0.15) is 0 Å². The van der Waals surface area contributed by atoms with Gasteiger partial charge in [0, 0.05) is 29.0 Å². The molecule has 5 nitrogen and oxygen atoms in total. The first kappa shape index (κ1) is 20.1. The Hall–Kier alpha value is -2.16. The number of ether oxygens (including phenoxy) is 1. The van der Waals surface area contributed by atoms with Crippen molar-refractivity contribution in [3.8, 4) is 5.75 Å². The number of halogens is 1. The summed E-state index contributed by atoms with van der Waals surface area (Å²) in [6.07, 6.45) is 1.72. The second-order valence-corrected chi connectivity index (χ2v) is 9.23. The smallest absolute Gasteiger partial charge is 0.269 e. The van der Waals surface area contributed by atoms with E-state index in [1.54, 1.807) is 29.8 Å². The number of benzene rings is 2. The zero-order chi connectivity index (χ0) is 20.5. The molecule has 0 radical (unpaired) electrons. The second-order valence-electron chi connectivity index (χ2n) is 6.31. The molecular formula is C21H18BrN3O2S2. The molecule has 0 spiro atoms. The van der Waals surface area contributed by atoms with Crippen LogP contribution in [-0.4, -0.2) is 36.7 Å². The van der Waals surface area contributed by atoms with E-state index in [-0.39, 0.29) is 5.91 Å². The molecule has 2 heterocycles. The molecule has 0 unspecified atom stereocenters. The van der Waals surface area contributed by atoms with E-state index in [4.69, 9.17) is 9.73 Å². The number of aliphatic imine (C=N–C) groups is 1. The summed E-state index contributed by atoms with van der Waals surface area (Å²) in [6, 6.07) is 13.6. The first-order valence-electron chi connectivity index (χ1n) is 8.80. The number of rotatable bonds is 4. The van der Waals surface area contributed by atoms with E-state index in [2.05, 4.69) is 22.5 Å². The summed E-state index contributed by atoms with van der Waals surface area (Å²) in [7, 11) is 3.62. The molecule has 2 aliphatic rings. The molecule has 0 aromatic heterocycles. The molecule has 148 valence electrons. The van der Waals surface area contributed by atoms with Gasteiger partial charge in [0.1, 0.15) is 10.7 Å². The van der Waals surface area contributed by atoms with Crippen molar-refractivity contribution < 1.29 is 9.53 Å². The Bertz CT molecular complexity index is 1050. The summed E-state index contributed by atoms with van der Waals surface area (Å²) in [5, 5.41) is 1.56. The zero-order valence-electron chi connectivity index (χ0n) is 15.9. The van der Waals surface area contributed by atoms with E-state index in [0.29, 0.717) is 16.6 Å². The Balaban J connectivity index is 1.72. The van der Waals surface area contributed by atoms with E-state index >= 15 is 0 Å². The summed E-state index contributed by atoms with van der Waals surface area (Å²) >= 11 is 6.42. The standard InChI is InChI=1S/C21H18BrN3O2S2/c1-4-11-25-19(26)18(29-21(25)23-14-7-5-13(22)6-8-14)20-24(2)16-12-15(27-3)9-10-17(16)28-20/h4-10,12H,1,11H2,2-3H3. The maximum Gasteiger partial charge on any atom is 0.269 e. The van der Waals surface area contributed by atoms with Crippen molar-refractivity contribution in [2.24, 2.45) is 4.99 Å². The predicted molar refractivity (Wildman–Crippen MR) is 125 cm³/mol. The van der Waals surface area contributed by atoms with Gasteiger partial charge in [-0.05, 0) is 48.2 Å². The number of hydrogen-bond donors (Lipinski definition) is 0. The van der Waals surface area contributed by atoms with Crippen LogP contribution in [0.1, 0.15) is 0 Å². The van der Waals surface area contributed by atoms with Crippen molar-refractivity contribution in [3.63, 3.8) is 0 Å². The van der Waals surface area contributed by atoms with Crippen LogP contribution in [0.25, 0.3) is 0 Å². The molecule has 2 aromatic rings. The van der Waals surface area contributed by atoms with Crippen LogP contribution in [0.2, 0.25) is 0 Å². The third kappa shape index (κ3) is 3.84. The Morgan fingerprint density at radius 2 is 1.97 bits per heavy atom. The molecule has 29 heavy (non-hydrogen) atoms. The van der Waals surface area contributed by atoms with Crippen LogP contribution < -0.4 is 9.64 Å². The lowest BCUT2D eigenvalue weighted by molar-refractivity contribution is -0.121. The van der Waals surface area contributed by atoms with Crippen LogP contribution in [-0.2, 0) is 4.79 Å². The minimum absolute atomic E-state index is 0.0557. The molecule has 1 saturated heterocycles. The molecule has 8 heteroatoms. The fourth-order valence-corrected chi connectivity index (χ4v) is 5.58. The number of thioether (sulfide) groups is 2. The fourth-order valence-electron chi connectivity index (χ4n) is 2.99. The minimum Gasteiger partial charge on any atom is -0.497 e. The van der Waals surface area contributed by atoms with Gasteiger partial charge in [-0.25, -0.2) is 4.99 Å². The highest BCUT2D eigenvalue weighted by Crippen LogP contribution is 2.51. The lowest BCUT2D eigenvalue weighted by Gasteiger charge is -2.15. The van der Waals surface area contributed by atoms with Gasteiger partial charge >= 0.3 is 0 Å². The Labute approximate surface area is 186 Å². The van der Waals surface area contributed by atoms with Crippen LogP contribution in [0.15, 0.2) is 79.4 Å². The maximum atomic E-state index is 13.2. The summed E-state index contributed by atoms with van der Waals surface area (Å²) in [5.74, 6) is 0.735.